The summed E-state index contributed by atoms with van der Waals surface area (Å²) in [5, 5.41) is 13.7. The molecule has 0 unspecified atom stereocenters. The summed E-state index contributed by atoms with van der Waals surface area (Å²) in [6, 6.07) is 3.60. The first-order valence-electron chi connectivity index (χ1n) is 5.07. The molecule has 90 valence electrons. The number of hydrogen-bond donors (Lipinski definition) is 2. The van der Waals surface area contributed by atoms with Gasteiger partial charge >= 0.3 is 0 Å². The predicted molar refractivity (Wildman–Crippen MR) is 63.8 cm³/mol. The van der Waals surface area contributed by atoms with E-state index in [9.17, 15) is 4.79 Å². The van der Waals surface area contributed by atoms with Gasteiger partial charge in [-0.15, -0.1) is 11.3 Å². The van der Waals surface area contributed by atoms with Gasteiger partial charge in [0.2, 0.25) is 0 Å². The molecule has 0 spiro atoms. The van der Waals surface area contributed by atoms with Crippen LogP contribution in [0.25, 0.3) is 0 Å². The Morgan fingerprint density at radius 3 is 2.94 bits per heavy atom. The highest BCUT2D eigenvalue weighted by molar-refractivity contribution is 7.12. The number of methoxy groups -OCH3 is 1. The summed E-state index contributed by atoms with van der Waals surface area (Å²) in [4.78, 5) is 12.5. The zero-order valence-electron chi connectivity index (χ0n) is 9.53. The number of amides is 1. The average Bonchev–Trinajstić information content (AvgIpc) is 2.70. The van der Waals surface area contributed by atoms with Crippen LogP contribution in [0.2, 0.25) is 0 Å². The molecule has 5 heteroatoms. The summed E-state index contributed by atoms with van der Waals surface area (Å²) >= 11 is 1.39. The van der Waals surface area contributed by atoms with E-state index < -0.39 is 5.54 Å². The van der Waals surface area contributed by atoms with Crippen LogP contribution < -0.4 is 5.32 Å². The van der Waals surface area contributed by atoms with Crippen molar-refractivity contribution in [2.24, 2.45) is 0 Å². The molecule has 0 radical (unpaired) electrons. The van der Waals surface area contributed by atoms with Gasteiger partial charge in [0.15, 0.2) is 0 Å². The van der Waals surface area contributed by atoms with Crippen LogP contribution in [-0.2, 0) is 4.74 Å². The average molecular weight is 243 g/mol. The first kappa shape index (κ1) is 13.2. The minimum Gasteiger partial charge on any atom is -0.396 e. The number of rotatable bonds is 6. The summed E-state index contributed by atoms with van der Waals surface area (Å²) in [5.74, 6) is -0.122. The van der Waals surface area contributed by atoms with Gasteiger partial charge in [-0.05, 0) is 24.8 Å². The van der Waals surface area contributed by atoms with Crippen LogP contribution in [-0.4, -0.2) is 36.9 Å². The van der Waals surface area contributed by atoms with Crippen LogP contribution in [0, 0.1) is 0 Å². The van der Waals surface area contributed by atoms with Crippen LogP contribution in [0.5, 0.6) is 0 Å². The number of carbonyl (C=O) groups is 1. The lowest BCUT2D eigenvalue weighted by atomic mass is 9.99. The molecule has 1 atom stereocenters. The number of aliphatic hydroxyl groups is 1. The zero-order valence-corrected chi connectivity index (χ0v) is 10.3. The SMILES string of the molecule is COC[C@@](C)(CCO)NC(=O)c1cccs1. The normalized spacial score (nSPS) is 14.4. The topological polar surface area (TPSA) is 58.6 Å². The van der Waals surface area contributed by atoms with Crippen molar-refractivity contribution < 1.29 is 14.6 Å². The Bertz CT molecular complexity index is 318. The Morgan fingerprint density at radius 2 is 2.44 bits per heavy atom. The maximum atomic E-state index is 11.8. The molecule has 0 aromatic carbocycles. The molecule has 0 saturated heterocycles. The van der Waals surface area contributed by atoms with E-state index in [1.54, 1.807) is 13.2 Å². The number of hydrogen-bond acceptors (Lipinski definition) is 4. The predicted octanol–water partition coefficient (Wildman–Crippen LogP) is 1.27. The second kappa shape index (κ2) is 5.98. The summed E-state index contributed by atoms with van der Waals surface area (Å²) in [7, 11) is 1.58. The molecular formula is C11H17NO3S. The Morgan fingerprint density at radius 1 is 1.69 bits per heavy atom. The lowest BCUT2D eigenvalue weighted by Crippen LogP contribution is -2.49. The van der Waals surface area contributed by atoms with E-state index in [0.29, 0.717) is 17.9 Å². The first-order valence-corrected chi connectivity index (χ1v) is 5.95. The standard InChI is InChI=1S/C11H17NO3S/c1-11(5-6-13,8-15-2)12-10(14)9-4-3-7-16-9/h3-4,7,13H,5-6,8H2,1-2H3,(H,12,14)/t11-/m1/s1. The van der Waals surface area contributed by atoms with Crippen molar-refractivity contribution in [2.75, 3.05) is 20.3 Å². The van der Waals surface area contributed by atoms with Crippen molar-refractivity contribution in [1.82, 2.24) is 5.32 Å². The number of aliphatic hydroxyl groups excluding tert-OH is 1. The molecule has 0 aliphatic rings. The van der Waals surface area contributed by atoms with Crippen molar-refractivity contribution >= 4 is 17.2 Å². The van der Waals surface area contributed by atoms with Gasteiger partial charge < -0.3 is 15.2 Å². The molecule has 0 saturated carbocycles. The zero-order chi connectivity index (χ0) is 12.0. The largest absolute Gasteiger partial charge is 0.396 e. The van der Waals surface area contributed by atoms with Crippen molar-refractivity contribution in [3.05, 3.63) is 22.4 Å². The van der Waals surface area contributed by atoms with E-state index in [2.05, 4.69) is 5.32 Å². The fraction of sp³-hybridized carbons (Fsp3) is 0.545. The molecule has 2 N–H and O–H groups in total. The molecule has 1 aromatic heterocycles. The third-order valence-corrected chi connectivity index (χ3v) is 3.16. The molecule has 1 amide bonds. The van der Waals surface area contributed by atoms with Crippen LogP contribution >= 0.6 is 11.3 Å². The van der Waals surface area contributed by atoms with Gasteiger partial charge in [-0.1, -0.05) is 6.07 Å². The Balaban J connectivity index is 2.64. The smallest absolute Gasteiger partial charge is 0.261 e. The summed E-state index contributed by atoms with van der Waals surface area (Å²) in [6.07, 6.45) is 0.470. The molecule has 16 heavy (non-hydrogen) atoms. The number of carbonyl (C=O) groups excluding carboxylic acids is 1. The van der Waals surface area contributed by atoms with Crippen LogP contribution in [0.4, 0.5) is 0 Å². The van der Waals surface area contributed by atoms with Gasteiger partial charge in [0, 0.05) is 13.7 Å². The Kier molecular flexibility index (Phi) is 4.92. The third kappa shape index (κ3) is 3.59. The highest BCUT2D eigenvalue weighted by atomic mass is 32.1. The second-order valence-corrected chi connectivity index (χ2v) is 4.85. The lowest BCUT2D eigenvalue weighted by molar-refractivity contribution is 0.0729. The van der Waals surface area contributed by atoms with Gasteiger partial charge in [0.25, 0.3) is 5.91 Å². The van der Waals surface area contributed by atoms with Crippen molar-refractivity contribution in [3.8, 4) is 0 Å². The number of thiophene rings is 1. The van der Waals surface area contributed by atoms with Crippen LogP contribution in [0.3, 0.4) is 0 Å². The molecule has 1 aromatic rings. The summed E-state index contributed by atoms with van der Waals surface area (Å²) < 4.78 is 5.06. The fourth-order valence-corrected chi connectivity index (χ4v) is 2.10. The van der Waals surface area contributed by atoms with Crippen molar-refractivity contribution in [1.29, 1.82) is 0 Å². The molecule has 4 nitrogen and oxygen atoms in total. The molecule has 0 bridgehead atoms. The summed E-state index contributed by atoms with van der Waals surface area (Å²) in [5.41, 5.74) is -0.523. The minimum atomic E-state index is -0.523. The molecule has 0 aliphatic carbocycles. The first-order chi connectivity index (χ1) is 7.61. The number of ether oxygens (including phenoxy) is 1. The van der Waals surface area contributed by atoms with Crippen molar-refractivity contribution in [2.45, 2.75) is 18.9 Å². The Labute approximate surface area is 99.2 Å². The van der Waals surface area contributed by atoms with Crippen LogP contribution in [0.15, 0.2) is 17.5 Å². The third-order valence-electron chi connectivity index (χ3n) is 2.29. The second-order valence-electron chi connectivity index (χ2n) is 3.90. The molecule has 1 heterocycles. The quantitative estimate of drug-likeness (QED) is 0.791. The fourth-order valence-electron chi connectivity index (χ4n) is 1.48. The van der Waals surface area contributed by atoms with E-state index >= 15 is 0 Å². The van der Waals surface area contributed by atoms with E-state index in [-0.39, 0.29) is 12.5 Å². The van der Waals surface area contributed by atoms with Crippen molar-refractivity contribution in [3.63, 3.8) is 0 Å². The van der Waals surface area contributed by atoms with Gasteiger partial charge in [0.1, 0.15) is 0 Å². The molecule has 0 fully saturated rings. The maximum Gasteiger partial charge on any atom is 0.261 e. The number of nitrogens with one attached hydrogen (secondary N) is 1. The van der Waals surface area contributed by atoms with E-state index in [1.165, 1.54) is 11.3 Å². The van der Waals surface area contributed by atoms with E-state index in [1.807, 2.05) is 18.4 Å². The highest BCUT2D eigenvalue weighted by Gasteiger charge is 2.26. The summed E-state index contributed by atoms with van der Waals surface area (Å²) in [6.45, 7) is 2.26. The highest BCUT2D eigenvalue weighted by Crippen LogP contribution is 2.14. The van der Waals surface area contributed by atoms with Gasteiger partial charge in [-0.25, -0.2) is 0 Å². The van der Waals surface area contributed by atoms with E-state index in [4.69, 9.17) is 9.84 Å². The van der Waals surface area contributed by atoms with E-state index in [0.717, 1.165) is 0 Å². The van der Waals surface area contributed by atoms with Gasteiger partial charge in [-0.2, -0.15) is 0 Å². The van der Waals surface area contributed by atoms with Gasteiger partial charge in [-0.3, -0.25) is 4.79 Å². The minimum absolute atomic E-state index is 0.0184. The molecule has 0 aliphatic heterocycles. The molecule has 1 rings (SSSR count). The Hall–Kier alpha value is -0.910. The monoisotopic (exact) mass is 243 g/mol. The van der Waals surface area contributed by atoms with Crippen LogP contribution in [0.1, 0.15) is 23.0 Å². The maximum absolute atomic E-state index is 11.8. The lowest BCUT2D eigenvalue weighted by Gasteiger charge is -2.29. The molecular weight excluding hydrogens is 226 g/mol. The van der Waals surface area contributed by atoms with Gasteiger partial charge in [0.05, 0.1) is 17.0 Å².